The molecule has 0 unspecified atom stereocenters. The molecule has 0 amide bonds. The first-order valence-electron chi connectivity index (χ1n) is 10.9. The molecule has 8 heteroatoms. The number of phenolic OH excluding ortho intramolecular Hbond substituents is 1. The number of nitrogens with one attached hydrogen (secondary N) is 1. The van der Waals surface area contributed by atoms with Crippen molar-refractivity contribution in [3.8, 4) is 5.75 Å². The van der Waals surface area contributed by atoms with Crippen LogP contribution in [0.3, 0.4) is 0 Å². The van der Waals surface area contributed by atoms with E-state index in [9.17, 15) is 9.90 Å². The van der Waals surface area contributed by atoms with E-state index in [0.717, 1.165) is 54.4 Å². The fourth-order valence-electron chi connectivity index (χ4n) is 3.90. The van der Waals surface area contributed by atoms with Gasteiger partial charge in [-0.3, -0.25) is 9.69 Å². The van der Waals surface area contributed by atoms with Crippen LogP contribution in [0.4, 0.5) is 11.5 Å². The van der Waals surface area contributed by atoms with Crippen LogP contribution < -0.4 is 10.2 Å². The van der Waals surface area contributed by atoms with Gasteiger partial charge in [-0.25, -0.2) is 9.97 Å². The standard InChI is InChI=1S/C24H29N5O3/c1-32-23(31)7-4-12-25-24-20-5-2-3-6-21(20)26-22(27-24)17-28-13-15-29(16-14-28)18-8-10-19(30)11-9-18/h2-3,5-6,8-11,30H,4,7,12-17H2,1H3,(H,25,26,27). The van der Waals surface area contributed by atoms with Crippen LogP contribution in [-0.4, -0.2) is 65.8 Å². The number of aromatic nitrogens is 2. The van der Waals surface area contributed by atoms with Gasteiger partial charge in [0, 0.05) is 50.2 Å². The Morgan fingerprint density at radius 1 is 1.06 bits per heavy atom. The second kappa shape index (κ2) is 10.3. The van der Waals surface area contributed by atoms with Crippen molar-refractivity contribution in [3.63, 3.8) is 0 Å². The molecule has 1 fully saturated rings. The quantitative estimate of drug-likeness (QED) is 0.412. The summed E-state index contributed by atoms with van der Waals surface area (Å²) in [4.78, 5) is 25.6. The van der Waals surface area contributed by atoms with Crippen molar-refractivity contribution >= 4 is 28.4 Å². The van der Waals surface area contributed by atoms with Crippen LogP contribution in [0, 0.1) is 0 Å². The van der Waals surface area contributed by atoms with Crippen molar-refractivity contribution < 1.29 is 14.6 Å². The van der Waals surface area contributed by atoms with E-state index in [4.69, 9.17) is 14.7 Å². The molecule has 8 nitrogen and oxygen atoms in total. The Bertz CT molecular complexity index is 1050. The molecule has 0 aliphatic carbocycles. The number of phenols is 1. The van der Waals surface area contributed by atoms with Crippen molar-refractivity contribution in [2.24, 2.45) is 0 Å². The van der Waals surface area contributed by atoms with E-state index >= 15 is 0 Å². The minimum Gasteiger partial charge on any atom is -0.508 e. The summed E-state index contributed by atoms with van der Waals surface area (Å²) in [6.45, 7) is 4.98. The number of para-hydroxylation sites is 1. The largest absolute Gasteiger partial charge is 0.508 e. The Morgan fingerprint density at radius 3 is 2.56 bits per heavy atom. The molecule has 0 spiro atoms. The first-order chi connectivity index (χ1) is 15.6. The molecule has 1 aliphatic heterocycles. The SMILES string of the molecule is COC(=O)CCCNc1nc(CN2CCN(c3ccc(O)cc3)CC2)nc2ccccc12. The third-order valence-electron chi connectivity index (χ3n) is 5.68. The summed E-state index contributed by atoms with van der Waals surface area (Å²) >= 11 is 0. The zero-order chi connectivity index (χ0) is 22.3. The lowest BCUT2D eigenvalue weighted by atomic mass is 10.2. The number of ether oxygens (including phenoxy) is 1. The zero-order valence-electron chi connectivity index (χ0n) is 18.3. The van der Waals surface area contributed by atoms with Crippen LogP contribution in [0.1, 0.15) is 18.7 Å². The molecule has 1 aliphatic rings. The summed E-state index contributed by atoms with van der Waals surface area (Å²) < 4.78 is 4.70. The van der Waals surface area contributed by atoms with Gasteiger partial charge < -0.3 is 20.1 Å². The van der Waals surface area contributed by atoms with Crippen molar-refractivity contribution in [3.05, 3.63) is 54.4 Å². The number of hydrogen-bond acceptors (Lipinski definition) is 8. The monoisotopic (exact) mass is 435 g/mol. The first kappa shape index (κ1) is 21.8. The molecule has 3 aromatic rings. The summed E-state index contributed by atoms with van der Waals surface area (Å²) in [6, 6.07) is 15.3. The van der Waals surface area contributed by atoms with Crippen molar-refractivity contribution in [1.29, 1.82) is 0 Å². The Morgan fingerprint density at radius 2 is 1.81 bits per heavy atom. The molecule has 2 heterocycles. The molecule has 1 saturated heterocycles. The minimum atomic E-state index is -0.202. The summed E-state index contributed by atoms with van der Waals surface area (Å²) in [5.41, 5.74) is 2.04. The summed E-state index contributed by atoms with van der Waals surface area (Å²) in [7, 11) is 1.41. The second-order valence-electron chi connectivity index (χ2n) is 7.89. The predicted molar refractivity (Wildman–Crippen MR) is 125 cm³/mol. The number of carbonyl (C=O) groups excluding carboxylic acids is 1. The molecule has 2 aromatic carbocycles. The topological polar surface area (TPSA) is 90.8 Å². The van der Waals surface area contributed by atoms with E-state index in [1.54, 1.807) is 12.1 Å². The maximum atomic E-state index is 11.3. The number of hydrogen-bond donors (Lipinski definition) is 2. The average molecular weight is 436 g/mol. The molecule has 4 rings (SSSR count). The number of benzene rings is 2. The summed E-state index contributed by atoms with van der Waals surface area (Å²) in [6.07, 6.45) is 1.06. The molecule has 0 atom stereocenters. The van der Waals surface area contributed by atoms with Crippen LogP contribution in [0.2, 0.25) is 0 Å². The number of fused-ring (bicyclic) bond motifs is 1. The van der Waals surface area contributed by atoms with Gasteiger partial charge in [0.25, 0.3) is 0 Å². The first-order valence-corrected chi connectivity index (χ1v) is 10.9. The third-order valence-corrected chi connectivity index (χ3v) is 5.68. The van der Waals surface area contributed by atoms with Gasteiger partial charge in [0.05, 0.1) is 19.2 Å². The van der Waals surface area contributed by atoms with E-state index in [-0.39, 0.29) is 11.7 Å². The molecular weight excluding hydrogens is 406 g/mol. The third kappa shape index (κ3) is 5.45. The van der Waals surface area contributed by atoms with E-state index in [1.165, 1.54) is 7.11 Å². The maximum absolute atomic E-state index is 11.3. The second-order valence-corrected chi connectivity index (χ2v) is 7.89. The fraction of sp³-hybridized carbons (Fsp3) is 0.375. The number of nitrogens with zero attached hydrogens (tertiary/aromatic N) is 4. The van der Waals surface area contributed by atoms with Gasteiger partial charge in [0.2, 0.25) is 0 Å². The van der Waals surface area contributed by atoms with Gasteiger partial charge >= 0.3 is 5.97 Å². The smallest absolute Gasteiger partial charge is 0.305 e. The Balaban J connectivity index is 1.39. The van der Waals surface area contributed by atoms with Crippen LogP contribution in [0.5, 0.6) is 5.75 Å². The average Bonchev–Trinajstić information content (AvgIpc) is 2.82. The van der Waals surface area contributed by atoms with Crippen LogP contribution in [-0.2, 0) is 16.1 Å². The Labute approximate surface area is 187 Å². The van der Waals surface area contributed by atoms with Gasteiger partial charge in [-0.2, -0.15) is 0 Å². The Hall–Kier alpha value is -3.39. The lowest BCUT2D eigenvalue weighted by Crippen LogP contribution is -2.46. The van der Waals surface area contributed by atoms with E-state index < -0.39 is 0 Å². The van der Waals surface area contributed by atoms with Gasteiger partial charge in [-0.15, -0.1) is 0 Å². The number of aromatic hydroxyl groups is 1. The molecule has 0 bridgehead atoms. The molecule has 1 aromatic heterocycles. The Kier molecular flexibility index (Phi) is 7.01. The highest BCUT2D eigenvalue weighted by atomic mass is 16.5. The van der Waals surface area contributed by atoms with E-state index in [1.807, 2.05) is 36.4 Å². The number of anilines is 2. The highest BCUT2D eigenvalue weighted by Crippen LogP contribution is 2.22. The fourth-order valence-corrected chi connectivity index (χ4v) is 3.90. The molecule has 0 saturated carbocycles. The number of rotatable bonds is 8. The molecular formula is C24H29N5O3. The highest BCUT2D eigenvalue weighted by Gasteiger charge is 2.19. The normalized spacial score (nSPS) is 14.5. The summed E-state index contributed by atoms with van der Waals surface area (Å²) in [5, 5.41) is 13.8. The minimum absolute atomic E-state index is 0.202. The van der Waals surface area contributed by atoms with E-state index in [2.05, 4.69) is 15.1 Å². The van der Waals surface area contributed by atoms with Crippen molar-refractivity contribution in [2.45, 2.75) is 19.4 Å². The highest BCUT2D eigenvalue weighted by molar-refractivity contribution is 5.89. The number of carbonyl (C=O) groups is 1. The van der Waals surface area contributed by atoms with Gasteiger partial charge in [-0.1, -0.05) is 12.1 Å². The molecule has 32 heavy (non-hydrogen) atoms. The van der Waals surface area contributed by atoms with Crippen molar-refractivity contribution in [2.75, 3.05) is 50.1 Å². The summed E-state index contributed by atoms with van der Waals surface area (Å²) in [5.74, 6) is 1.68. The zero-order valence-corrected chi connectivity index (χ0v) is 18.3. The van der Waals surface area contributed by atoms with Gasteiger partial charge in [0.1, 0.15) is 17.4 Å². The molecule has 2 N–H and O–H groups in total. The molecule has 168 valence electrons. The number of piperazine rings is 1. The van der Waals surface area contributed by atoms with E-state index in [0.29, 0.717) is 25.9 Å². The van der Waals surface area contributed by atoms with Gasteiger partial charge in [0.15, 0.2) is 0 Å². The number of methoxy groups -OCH3 is 1. The maximum Gasteiger partial charge on any atom is 0.305 e. The predicted octanol–water partition coefficient (Wildman–Crippen LogP) is 3.02. The lowest BCUT2D eigenvalue weighted by molar-refractivity contribution is -0.140. The lowest BCUT2D eigenvalue weighted by Gasteiger charge is -2.35. The van der Waals surface area contributed by atoms with Gasteiger partial charge in [-0.05, 0) is 42.8 Å². The van der Waals surface area contributed by atoms with Crippen molar-refractivity contribution in [1.82, 2.24) is 14.9 Å². The van der Waals surface area contributed by atoms with Crippen LogP contribution in [0.15, 0.2) is 48.5 Å². The van der Waals surface area contributed by atoms with Crippen LogP contribution in [0.25, 0.3) is 10.9 Å². The van der Waals surface area contributed by atoms with Crippen LogP contribution >= 0.6 is 0 Å². The molecule has 0 radical (unpaired) electrons. The number of esters is 1.